The number of pyridine rings is 1. The van der Waals surface area contributed by atoms with E-state index >= 15 is 0 Å². The van der Waals surface area contributed by atoms with E-state index in [1.54, 1.807) is 23.4 Å². The van der Waals surface area contributed by atoms with Gasteiger partial charge in [0.1, 0.15) is 6.33 Å². The Hall–Kier alpha value is -3.85. The Kier molecular flexibility index (Phi) is 5.71. The molecule has 0 unspecified atom stereocenters. The minimum absolute atomic E-state index is 0.608. The fraction of sp³-hybridized carbons (Fsp3) is 0.261. The molecule has 0 atom stereocenters. The van der Waals surface area contributed by atoms with Crippen molar-refractivity contribution in [1.29, 1.82) is 0 Å². The predicted octanol–water partition coefficient (Wildman–Crippen LogP) is 2.86. The molecule has 0 amide bonds. The van der Waals surface area contributed by atoms with E-state index in [9.17, 15) is 0 Å². The molecule has 0 radical (unpaired) electrons. The second-order valence-corrected chi connectivity index (χ2v) is 7.60. The van der Waals surface area contributed by atoms with Gasteiger partial charge in [-0.3, -0.25) is 4.98 Å². The highest BCUT2D eigenvalue weighted by Gasteiger charge is 2.19. The number of benzene rings is 1. The van der Waals surface area contributed by atoms with Crippen molar-refractivity contribution in [1.82, 2.24) is 24.6 Å². The number of hydrogen-bond acceptors (Lipinski definition) is 8. The normalized spacial score (nSPS) is 14.3. The average Bonchev–Trinajstić information content (AvgIpc) is 3.25. The third-order valence-corrected chi connectivity index (χ3v) is 5.24. The number of nitrogens with one attached hydrogen (secondary N) is 1. The first kappa shape index (κ1) is 20.1. The van der Waals surface area contributed by atoms with E-state index in [0.717, 1.165) is 24.2 Å². The summed E-state index contributed by atoms with van der Waals surface area (Å²) in [5.41, 5.74) is 4.64. The Balaban J connectivity index is 1.51. The summed E-state index contributed by atoms with van der Waals surface area (Å²) in [6.45, 7) is 5.48. The van der Waals surface area contributed by atoms with Crippen LogP contribution in [-0.4, -0.2) is 57.1 Å². The standard InChI is InChI=1S/C23H24N8O/c1-17-3-2-4-19(13-17)15-27-31-16-26-20-21(25-14-18-5-7-24-8-6-18)28-23(29-22(20)31)30-9-11-32-12-10-30/h2-8,13,15-16H,9-12,14H2,1H3,(H,25,28,29). The van der Waals surface area contributed by atoms with Crippen molar-refractivity contribution in [3.8, 4) is 0 Å². The molecule has 1 aliphatic rings. The number of nitrogens with zero attached hydrogens (tertiary/aromatic N) is 7. The molecule has 0 saturated carbocycles. The zero-order chi connectivity index (χ0) is 21.8. The van der Waals surface area contributed by atoms with Crippen LogP contribution in [0.15, 0.2) is 60.2 Å². The minimum Gasteiger partial charge on any atom is -0.378 e. The molecule has 1 aromatic carbocycles. The molecule has 0 aliphatic carbocycles. The van der Waals surface area contributed by atoms with E-state index in [1.807, 2.05) is 30.5 Å². The summed E-state index contributed by atoms with van der Waals surface area (Å²) >= 11 is 0. The molecule has 1 aliphatic heterocycles. The van der Waals surface area contributed by atoms with Crippen molar-refractivity contribution in [2.24, 2.45) is 5.10 Å². The van der Waals surface area contributed by atoms with Gasteiger partial charge in [0.2, 0.25) is 5.95 Å². The van der Waals surface area contributed by atoms with Gasteiger partial charge in [0.05, 0.1) is 19.4 Å². The smallest absolute Gasteiger partial charge is 0.229 e. The number of fused-ring (bicyclic) bond motifs is 1. The largest absolute Gasteiger partial charge is 0.378 e. The van der Waals surface area contributed by atoms with Crippen molar-refractivity contribution < 1.29 is 4.74 Å². The Morgan fingerprint density at radius 1 is 1.12 bits per heavy atom. The monoisotopic (exact) mass is 428 g/mol. The number of anilines is 2. The van der Waals surface area contributed by atoms with Gasteiger partial charge in [-0.2, -0.15) is 15.1 Å². The lowest BCUT2D eigenvalue weighted by Gasteiger charge is -2.27. The van der Waals surface area contributed by atoms with Gasteiger partial charge < -0.3 is 15.0 Å². The van der Waals surface area contributed by atoms with Crippen molar-refractivity contribution in [3.05, 3.63) is 71.8 Å². The molecule has 4 heterocycles. The number of hydrogen-bond donors (Lipinski definition) is 1. The number of aromatic nitrogens is 5. The maximum Gasteiger partial charge on any atom is 0.229 e. The van der Waals surface area contributed by atoms with Gasteiger partial charge in [-0.15, -0.1) is 0 Å². The first-order valence-corrected chi connectivity index (χ1v) is 10.6. The summed E-state index contributed by atoms with van der Waals surface area (Å²) in [4.78, 5) is 20.3. The molecule has 1 fully saturated rings. The van der Waals surface area contributed by atoms with Crippen molar-refractivity contribution in [3.63, 3.8) is 0 Å². The van der Waals surface area contributed by atoms with E-state index in [-0.39, 0.29) is 0 Å². The van der Waals surface area contributed by atoms with Crippen molar-refractivity contribution in [2.45, 2.75) is 13.5 Å². The Bertz CT molecular complexity index is 1230. The van der Waals surface area contributed by atoms with E-state index in [4.69, 9.17) is 14.7 Å². The maximum absolute atomic E-state index is 5.49. The molecule has 4 aromatic rings. The van der Waals surface area contributed by atoms with E-state index in [2.05, 4.69) is 44.3 Å². The zero-order valence-corrected chi connectivity index (χ0v) is 17.8. The SMILES string of the molecule is Cc1cccc(C=Nn2cnc3c(NCc4ccncc4)nc(N4CCOCC4)nc32)c1. The summed E-state index contributed by atoms with van der Waals surface area (Å²) < 4.78 is 7.19. The lowest BCUT2D eigenvalue weighted by molar-refractivity contribution is 0.122. The highest BCUT2D eigenvalue weighted by atomic mass is 16.5. The minimum atomic E-state index is 0.608. The van der Waals surface area contributed by atoms with Crippen LogP contribution in [0.25, 0.3) is 11.2 Å². The number of aryl methyl sites for hydroxylation is 1. The third-order valence-electron chi connectivity index (χ3n) is 5.24. The first-order chi connectivity index (χ1) is 15.8. The fourth-order valence-electron chi connectivity index (χ4n) is 3.56. The third kappa shape index (κ3) is 4.42. The predicted molar refractivity (Wildman–Crippen MR) is 124 cm³/mol. The molecule has 9 nitrogen and oxygen atoms in total. The summed E-state index contributed by atoms with van der Waals surface area (Å²) in [7, 11) is 0. The molecule has 3 aromatic heterocycles. The molecule has 5 rings (SSSR count). The molecule has 1 saturated heterocycles. The molecule has 162 valence electrons. The van der Waals surface area contributed by atoms with Gasteiger partial charge in [0, 0.05) is 32.0 Å². The van der Waals surface area contributed by atoms with Gasteiger partial charge in [0.25, 0.3) is 0 Å². The van der Waals surface area contributed by atoms with Crippen molar-refractivity contribution >= 4 is 29.1 Å². The van der Waals surface area contributed by atoms with Gasteiger partial charge in [0.15, 0.2) is 17.0 Å². The number of imidazole rings is 1. The quantitative estimate of drug-likeness (QED) is 0.472. The van der Waals surface area contributed by atoms with Crippen LogP contribution in [0.1, 0.15) is 16.7 Å². The lowest BCUT2D eigenvalue weighted by Crippen LogP contribution is -2.37. The van der Waals surface area contributed by atoms with Gasteiger partial charge in [-0.05, 0) is 30.2 Å². The van der Waals surface area contributed by atoms with Crippen LogP contribution >= 0.6 is 0 Å². The first-order valence-electron chi connectivity index (χ1n) is 10.6. The van der Waals surface area contributed by atoms with Crippen LogP contribution in [0.3, 0.4) is 0 Å². The summed E-state index contributed by atoms with van der Waals surface area (Å²) in [5, 5.41) is 8.02. The number of rotatable bonds is 6. The fourth-order valence-corrected chi connectivity index (χ4v) is 3.56. The van der Waals surface area contributed by atoms with Crippen LogP contribution in [0.4, 0.5) is 11.8 Å². The van der Waals surface area contributed by atoms with Crippen LogP contribution in [0, 0.1) is 6.92 Å². The Labute approximate surface area is 185 Å². The average molecular weight is 429 g/mol. The van der Waals surface area contributed by atoms with Crippen molar-refractivity contribution in [2.75, 3.05) is 36.5 Å². The lowest BCUT2D eigenvalue weighted by atomic mass is 10.2. The maximum atomic E-state index is 5.49. The number of morpholine rings is 1. The molecular formula is C23H24N8O. The molecular weight excluding hydrogens is 404 g/mol. The van der Waals surface area contributed by atoms with Crippen LogP contribution < -0.4 is 10.2 Å². The van der Waals surface area contributed by atoms with Gasteiger partial charge in [-0.25, -0.2) is 9.66 Å². The second-order valence-electron chi connectivity index (χ2n) is 7.60. The van der Waals surface area contributed by atoms with E-state index < -0.39 is 0 Å². The molecule has 0 spiro atoms. The summed E-state index contributed by atoms with van der Waals surface area (Å²) in [5.74, 6) is 1.32. The molecule has 1 N–H and O–H groups in total. The van der Waals surface area contributed by atoms with E-state index in [1.165, 1.54) is 5.56 Å². The summed E-state index contributed by atoms with van der Waals surface area (Å²) in [6.07, 6.45) is 7.04. The highest BCUT2D eigenvalue weighted by molar-refractivity contribution is 5.85. The van der Waals surface area contributed by atoms with E-state index in [0.29, 0.717) is 42.7 Å². The van der Waals surface area contributed by atoms with Gasteiger partial charge >= 0.3 is 0 Å². The number of ether oxygens (including phenoxy) is 1. The van der Waals surface area contributed by atoms with Crippen LogP contribution in [-0.2, 0) is 11.3 Å². The Morgan fingerprint density at radius 2 is 1.97 bits per heavy atom. The molecule has 32 heavy (non-hydrogen) atoms. The topological polar surface area (TPSA) is 93.4 Å². The van der Waals surface area contributed by atoms with Gasteiger partial charge in [-0.1, -0.05) is 29.8 Å². The van der Waals surface area contributed by atoms with Crippen LogP contribution in [0.5, 0.6) is 0 Å². The summed E-state index contributed by atoms with van der Waals surface area (Å²) in [6, 6.07) is 12.1. The highest BCUT2D eigenvalue weighted by Crippen LogP contribution is 2.24. The molecule has 9 heteroatoms. The second kappa shape index (κ2) is 9.11. The Morgan fingerprint density at radius 3 is 2.78 bits per heavy atom. The zero-order valence-electron chi connectivity index (χ0n) is 17.8. The van der Waals surface area contributed by atoms with Crippen LogP contribution in [0.2, 0.25) is 0 Å². The molecule has 0 bridgehead atoms.